The lowest BCUT2D eigenvalue weighted by molar-refractivity contribution is -0.379. The van der Waals surface area contributed by atoms with E-state index in [0.717, 1.165) is 22.3 Å². The van der Waals surface area contributed by atoms with Gasteiger partial charge in [0.15, 0.2) is 25.0 Å². The standard InChI is InChI=1S/C60H80O12/c1-36-38(3)54(71-58-41(6)40(5)52(64-33-48-27-19-13-20-28-48)50(69-58)35-62-31-46-23-15-11-16-24-46)60(68-44(36)9)72-55-39(4)37(2)43(8)67-59(55)70-53-42(7)51(63-32-47-25-17-12-18-26-47)45(10)66-56(53)57(61)65-34-49-29-21-14-22-30-49/h11-30,36-45,50-56,58-60H,31-35H2,1-10H3/t36-,37-,38?,39?,40-,41?,42-,43+,44+,45+,50?,51?,52-,53-,54?,55?,56?,58+,59+,60+/m1/s1. The summed E-state index contributed by atoms with van der Waals surface area (Å²) < 4.78 is 74.6. The highest BCUT2D eigenvalue weighted by molar-refractivity contribution is 5.75. The summed E-state index contributed by atoms with van der Waals surface area (Å²) in [5.41, 5.74) is 4.09. The van der Waals surface area contributed by atoms with E-state index in [-0.39, 0.29) is 66.3 Å². The van der Waals surface area contributed by atoms with Crippen LogP contribution in [0.4, 0.5) is 0 Å². The van der Waals surface area contributed by atoms with Crippen molar-refractivity contribution in [2.75, 3.05) is 6.61 Å². The molecule has 4 saturated heterocycles. The van der Waals surface area contributed by atoms with Crippen molar-refractivity contribution in [1.29, 1.82) is 0 Å². The molecule has 0 bridgehead atoms. The first-order valence-electron chi connectivity index (χ1n) is 26.5. The van der Waals surface area contributed by atoms with E-state index in [0.29, 0.717) is 26.4 Å². The summed E-state index contributed by atoms with van der Waals surface area (Å²) in [6.45, 7) is 23.0. The zero-order valence-electron chi connectivity index (χ0n) is 44.0. The first kappa shape index (κ1) is 54.2. The zero-order chi connectivity index (χ0) is 50.9. The van der Waals surface area contributed by atoms with E-state index in [9.17, 15) is 4.79 Å². The molecule has 12 nitrogen and oxygen atoms in total. The lowest BCUT2D eigenvalue weighted by atomic mass is 9.82. The molecule has 4 aliphatic heterocycles. The Bertz CT molecular complexity index is 2220. The highest BCUT2D eigenvalue weighted by Crippen LogP contribution is 2.43. The highest BCUT2D eigenvalue weighted by atomic mass is 16.8. The largest absolute Gasteiger partial charge is 0.459 e. The predicted octanol–water partition coefficient (Wildman–Crippen LogP) is 10.7. The molecule has 4 heterocycles. The molecule has 392 valence electrons. The molecule has 0 aromatic heterocycles. The van der Waals surface area contributed by atoms with Crippen LogP contribution in [-0.2, 0) is 83.3 Å². The third-order valence-corrected chi connectivity index (χ3v) is 16.3. The lowest BCUT2D eigenvalue weighted by Crippen LogP contribution is -2.62. The molecule has 0 radical (unpaired) electrons. The van der Waals surface area contributed by atoms with Crippen LogP contribution in [0.5, 0.6) is 0 Å². The number of carbonyl (C=O) groups is 1. The Labute approximate surface area is 428 Å². The Kier molecular flexibility index (Phi) is 19.2. The van der Waals surface area contributed by atoms with Gasteiger partial charge in [-0.2, -0.15) is 0 Å². The molecule has 72 heavy (non-hydrogen) atoms. The normalized spacial score (nSPS) is 37.2. The van der Waals surface area contributed by atoms with E-state index < -0.39 is 67.6 Å². The molecule has 4 aromatic carbocycles. The molecule has 4 fully saturated rings. The van der Waals surface area contributed by atoms with Gasteiger partial charge < -0.3 is 52.1 Å². The lowest BCUT2D eigenvalue weighted by Gasteiger charge is -2.51. The van der Waals surface area contributed by atoms with Crippen LogP contribution in [0.25, 0.3) is 0 Å². The molecular formula is C60H80O12. The van der Waals surface area contributed by atoms with Crippen molar-refractivity contribution >= 4 is 5.97 Å². The Balaban J connectivity index is 1.03. The van der Waals surface area contributed by atoms with Gasteiger partial charge >= 0.3 is 5.97 Å². The molecule has 0 spiro atoms. The van der Waals surface area contributed by atoms with Gasteiger partial charge in [-0.05, 0) is 72.6 Å². The van der Waals surface area contributed by atoms with Gasteiger partial charge in [0.25, 0.3) is 0 Å². The van der Waals surface area contributed by atoms with E-state index >= 15 is 0 Å². The minimum Gasteiger partial charge on any atom is -0.459 e. The Morgan fingerprint density at radius 1 is 0.389 bits per heavy atom. The van der Waals surface area contributed by atoms with Crippen LogP contribution in [0.3, 0.4) is 0 Å². The number of esters is 1. The molecule has 0 N–H and O–H groups in total. The third kappa shape index (κ3) is 13.2. The molecule has 4 aromatic rings. The maximum absolute atomic E-state index is 14.2. The predicted molar refractivity (Wildman–Crippen MR) is 273 cm³/mol. The van der Waals surface area contributed by atoms with Crippen molar-refractivity contribution in [3.8, 4) is 0 Å². The van der Waals surface area contributed by atoms with Crippen molar-refractivity contribution in [3.05, 3.63) is 144 Å². The van der Waals surface area contributed by atoms with Crippen LogP contribution >= 0.6 is 0 Å². The van der Waals surface area contributed by atoms with Crippen LogP contribution in [0, 0.1) is 41.4 Å². The van der Waals surface area contributed by atoms with Crippen LogP contribution in [0.2, 0.25) is 0 Å². The second-order valence-electron chi connectivity index (χ2n) is 21.2. The number of hydrogen-bond donors (Lipinski definition) is 0. The van der Waals surface area contributed by atoms with Crippen molar-refractivity contribution in [2.45, 2.75) is 176 Å². The van der Waals surface area contributed by atoms with Gasteiger partial charge in [0, 0.05) is 11.8 Å². The molecule has 8 unspecified atom stereocenters. The fraction of sp³-hybridized carbons (Fsp3) is 0.583. The van der Waals surface area contributed by atoms with Crippen LogP contribution < -0.4 is 0 Å². The fourth-order valence-corrected chi connectivity index (χ4v) is 10.8. The van der Waals surface area contributed by atoms with Gasteiger partial charge in [-0.15, -0.1) is 0 Å². The van der Waals surface area contributed by atoms with Gasteiger partial charge in [-0.25, -0.2) is 4.79 Å². The van der Waals surface area contributed by atoms with Crippen molar-refractivity contribution in [2.24, 2.45) is 41.4 Å². The van der Waals surface area contributed by atoms with Gasteiger partial charge in [-0.3, -0.25) is 0 Å². The first-order chi connectivity index (χ1) is 34.8. The second kappa shape index (κ2) is 25.5. The monoisotopic (exact) mass is 993 g/mol. The second-order valence-corrected chi connectivity index (χ2v) is 21.2. The summed E-state index contributed by atoms with van der Waals surface area (Å²) in [6, 6.07) is 40.0. The average Bonchev–Trinajstić information content (AvgIpc) is 3.39. The first-order valence-corrected chi connectivity index (χ1v) is 26.5. The molecule has 8 rings (SSSR count). The van der Waals surface area contributed by atoms with Gasteiger partial charge in [-0.1, -0.05) is 170 Å². The van der Waals surface area contributed by atoms with Crippen LogP contribution in [-0.4, -0.2) is 92.5 Å². The molecule has 12 heteroatoms. The zero-order valence-corrected chi connectivity index (χ0v) is 44.0. The van der Waals surface area contributed by atoms with Gasteiger partial charge in [0.1, 0.15) is 31.0 Å². The summed E-state index contributed by atoms with van der Waals surface area (Å²) in [5.74, 6) is -0.651. The van der Waals surface area contributed by atoms with E-state index in [4.69, 9.17) is 52.1 Å². The number of rotatable bonds is 19. The van der Waals surface area contributed by atoms with Crippen LogP contribution in [0.1, 0.15) is 91.5 Å². The maximum atomic E-state index is 14.2. The minimum atomic E-state index is -1.07. The summed E-state index contributed by atoms with van der Waals surface area (Å²) >= 11 is 0. The molecule has 0 amide bonds. The fourth-order valence-electron chi connectivity index (χ4n) is 10.8. The summed E-state index contributed by atoms with van der Waals surface area (Å²) in [5, 5.41) is 0. The van der Waals surface area contributed by atoms with E-state index in [2.05, 4.69) is 79.7 Å². The smallest absolute Gasteiger partial charge is 0.338 e. The molecule has 0 saturated carbocycles. The average molecular weight is 993 g/mol. The number of carbonyl (C=O) groups excluding carboxylic acids is 1. The Morgan fingerprint density at radius 3 is 1.31 bits per heavy atom. The highest BCUT2D eigenvalue weighted by Gasteiger charge is 2.54. The van der Waals surface area contributed by atoms with Crippen molar-refractivity contribution in [1.82, 2.24) is 0 Å². The van der Waals surface area contributed by atoms with Gasteiger partial charge in [0.05, 0.1) is 56.9 Å². The van der Waals surface area contributed by atoms with Crippen molar-refractivity contribution in [3.63, 3.8) is 0 Å². The van der Waals surface area contributed by atoms with Crippen LogP contribution in [0.15, 0.2) is 121 Å². The Morgan fingerprint density at radius 2 is 0.806 bits per heavy atom. The topological polar surface area (TPSA) is 119 Å². The quantitative estimate of drug-likeness (QED) is 0.0832. The van der Waals surface area contributed by atoms with Crippen molar-refractivity contribution < 1.29 is 56.9 Å². The molecule has 20 atom stereocenters. The summed E-state index contributed by atoms with van der Waals surface area (Å²) in [7, 11) is 0. The maximum Gasteiger partial charge on any atom is 0.338 e. The van der Waals surface area contributed by atoms with Gasteiger partial charge in [0.2, 0.25) is 0 Å². The molecular weight excluding hydrogens is 913 g/mol. The summed E-state index contributed by atoms with van der Waals surface area (Å²) in [4.78, 5) is 14.2. The number of benzene rings is 4. The molecule has 0 aliphatic carbocycles. The number of hydrogen-bond acceptors (Lipinski definition) is 12. The Hall–Kier alpha value is -4.05. The third-order valence-electron chi connectivity index (χ3n) is 16.3. The SMILES string of the molecule is CC1C(O[C@@H]2OC(COCc3ccccc3)[C@H](OCc3ccccc3)[C@H](C)C2C)[C@H](OC2C(C)[C@@H](C)[C@H](C)O[C@H]2O[C@H]2C(C(=O)OCc3ccccc3)O[C@@H](C)C(OCc3ccccc3)[C@H]2C)O[C@@H](C)[C@@H]1C. The number of ether oxygens (including phenoxy) is 11. The van der Waals surface area contributed by atoms with E-state index in [1.165, 1.54) is 0 Å². The van der Waals surface area contributed by atoms with E-state index in [1.807, 2.05) is 111 Å². The van der Waals surface area contributed by atoms with E-state index in [1.54, 1.807) is 0 Å². The molecule has 4 aliphatic rings. The minimum absolute atomic E-state index is 0.0137. The summed E-state index contributed by atoms with van der Waals surface area (Å²) in [6.07, 6.45) is -7.23.